The molecule has 0 spiro atoms. The van der Waals surface area contributed by atoms with Gasteiger partial charge in [0.05, 0.1) is 35.6 Å². The maximum absolute atomic E-state index is 13.3. The van der Waals surface area contributed by atoms with E-state index in [0.29, 0.717) is 48.6 Å². The van der Waals surface area contributed by atoms with Crippen molar-refractivity contribution in [2.75, 3.05) is 37.8 Å². The SMILES string of the molecule is CN(C(=O)Cc1ccc2c(c1)NC(=O)CS2)[C@H](CN1CCC(O)C1)c1cccc(C(F)(F)F)c1. The monoisotopic (exact) mass is 493 g/mol. The van der Waals surface area contributed by atoms with Gasteiger partial charge in [-0.1, -0.05) is 18.2 Å². The van der Waals surface area contributed by atoms with Crippen LogP contribution in [0.15, 0.2) is 47.4 Å². The molecule has 4 rings (SSSR count). The van der Waals surface area contributed by atoms with Crippen LogP contribution < -0.4 is 5.32 Å². The second kappa shape index (κ2) is 9.97. The Bertz CT molecular complexity index is 1080. The average molecular weight is 494 g/mol. The van der Waals surface area contributed by atoms with Crippen LogP contribution in [0.4, 0.5) is 18.9 Å². The van der Waals surface area contributed by atoms with Crippen molar-refractivity contribution in [3.63, 3.8) is 0 Å². The van der Waals surface area contributed by atoms with Crippen molar-refractivity contribution in [1.29, 1.82) is 0 Å². The summed E-state index contributed by atoms with van der Waals surface area (Å²) in [5.74, 6) is -0.00914. The van der Waals surface area contributed by atoms with Crippen LogP contribution in [0.2, 0.25) is 0 Å². The summed E-state index contributed by atoms with van der Waals surface area (Å²) in [4.78, 5) is 29.3. The van der Waals surface area contributed by atoms with E-state index in [9.17, 15) is 27.9 Å². The number of anilines is 1. The van der Waals surface area contributed by atoms with Crippen LogP contribution in [0.5, 0.6) is 0 Å². The van der Waals surface area contributed by atoms with Gasteiger partial charge in [0, 0.05) is 31.6 Å². The van der Waals surface area contributed by atoms with Crippen molar-refractivity contribution in [3.05, 3.63) is 59.2 Å². The zero-order valence-electron chi connectivity index (χ0n) is 18.6. The molecule has 182 valence electrons. The summed E-state index contributed by atoms with van der Waals surface area (Å²) in [6, 6.07) is 9.89. The molecule has 2 aliphatic rings. The van der Waals surface area contributed by atoms with Gasteiger partial charge in [-0.15, -0.1) is 11.8 Å². The molecular formula is C24H26F3N3O3S. The smallest absolute Gasteiger partial charge is 0.392 e. The fraction of sp³-hybridized carbons (Fsp3) is 0.417. The first-order valence-electron chi connectivity index (χ1n) is 11.0. The summed E-state index contributed by atoms with van der Waals surface area (Å²) in [7, 11) is 1.59. The highest BCUT2D eigenvalue weighted by Crippen LogP contribution is 2.34. The first kappa shape index (κ1) is 24.6. The number of halogens is 3. The number of hydrogen-bond acceptors (Lipinski definition) is 5. The topological polar surface area (TPSA) is 72.9 Å². The number of nitrogens with zero attached hydrogens (tertiary/aromatic N) is 2. The number of benzene rings is 2. The normalized spacial score (nSPS) is 19.4. The highest BCUT2D eigenvalue weighted by Gasteiger charge is 2.33. The van der Waals surface area contributed by atoms with Crippen molar-refractivity contribution in [2.45, 2.75) is 36.1 Å². The molecule has 34 heavy (non-hydrogen) atoms. The molecule has 0 radical (unpaired) electrons. The van der Waals surface area contributed by atoms with E-state index < -0.39 is 23.9 Å². The van der Waals surface area contributed by atoms with E-state index in [1.54, 1.807) is 19.2 Å². The summed E-state index contributed by atoms with van der Waals surface area (Å²) < 4.78 is 40.0. The molecule has 6 nitrogen and oxygen atoms in total. The Morgan fingerprint density at radius 3 is 2.79 bits per heavy atom. The largest absolute Gasteiger partial charge is 0.416 e. The number of alkyl halides is 3. The first-order chi connectivity index (χ1) is 16.1. The molecule has 0 bridgehead atoms. The summed E-state index contributed by atoms with van der Waals surface area (Å²) >= 11 is 1.43. The molecule has 1 fully saturated rings. The zero-order chi connectivity index (χ0) is 24.5. The Labute approximate surface area is 200 Å². The van der Waals surface area contributed by atoms with Crippen LogP contribution in [-0.4, -0.2) is 65.3 Å². The van der Waals surface area contributed by atoms with E-state index in [2.05, 4.69) is 5.32 Å². The van der Waals surface area contributed by atoms with Crippen LogP contribution in [0.3, 0.4) is 0 Å². The third kappa shape index (κ3) is 5.73. The number of aliphatic hydroxyl groups is 1. The lowest BCUT2D eigenvalue weighted by atomic mass is 10.0. The van der Waals surface area contributed by atoms with Gasteiger partial charge in [-0.3, -0.25) is 14.5 Å². The highest BCUT2D eigenvalue weighted by molar-refractivity contribution is 8.00. The molecule has 0 aliphatic carbocycles. The van der Waals surface area contributed by atoms with E-state index in [-0.39, 0.29) is 18.2 Å². The molecule has 1 saturated heterocycles. The van der Waals surface area contributed by atoms with E-state index in [1.165, 1.54) is 22.7 Å². The van der Waals surface area contributed by atoms with Gasteiger partial charge >= 0.3 is 6.18 Å². The number of β-amino-alcohol motifs (C(OH)–C–C–N with tert-alkyl or cyclic N) is 1. The number of amides is 2. The Morgan fingerprint density at radius 1 is 1.29 bits per heavy atom. The number of carbonyl (C=O) groups is 2. The number of likely N-dealkylation sites (N-methyl/N-ethyl adjacent to an activating group) is 1. The quantitative estimate of drug-likeness (QED) is 0.644. The number of hydrogen-bond donors (Lipinski definition) is 2. The molecule has 1 unspecified atom stereocenters. The number of fused-ring (bicyclic) bond motifs is 1. The van der Waals surface area contributed by atoms with Gasteiger partial charge in [0.2, 0.25) is 11.8 Å². The maximum Gasteiger partial charge on any atom is 0.416 e. The Hall–Kier alpha value is -2.56. The lowest BCUT2D eigenvalue weighted by molar-refractivity contribution is -0.137. The lowest BCUT2D eigenvalue weighted by Gasteiger charge is -2.32. The highest BCUT2D eigenvalue weighted by atomic mass is 32.2. The summed E-state index contributed by atoms with van der Waals surface area (Å²) in [5, 5.41) is 12.7. The second-order valence-corrected chi connectivity index (χ2v) is 9.71. The third-order valence-electron chi connectivity index (χ3n) is 6.17. The van der Waals surface area contributed by atoms with Gasteiger partial charge in [-0.2, -0.15) is 13.2 Å². The van der Waals surface area contributed by atoms with E-state index in [1.807, 2.05) is 17.0 Å². The fourth-order valence-corrected chi connectivity index (χ4v) is 5.10. The molecule has 0 aromatic heterocycles. The Balaban J connectivity index is 1.56. The molecule has 2 heterocycles. The van der Waals surface area contributed by atoms with Crippen molar-refractivity contribution < 1.29 is 27.9 Å². The van der Waals surface area contributed by atoms with E-state index >= 15 is 0 Å². The zero-order valence-corrected chi connectivity index (χ0v) is 19.5. The van der Waals surface area contributed by atoms with Crippen LogP contribution >= 0.6 is 11.8 Å². The average Bonchev–Trinajstić information content (AvgIpc) is 3.21. The molecule has 0 saturated carbocycles. The van der Waals surface area contributed by atoms with Crippen molar-refractivity contribution >= 4 is 29.3 Å². The van der Waals surface area contributed by atoms with Crippen molar-refractivity contribution in [2.24, 2.45) is 0 Å². The number of nitrogens with one attached hydrogen (secondary N) is 1. The molecular weight excluding hydrogens is 467 g/mol. The molecule has 10 heteroatoms. The number of likely N-dealkylation sites (tertiary alicyclic amines) is 1. The molecule has 2 amide bonds. The van der Waals surface area contributed by atoms with Crippen molar-refractivity contribution in [3.8, 4) is 0 Å². The Morgan fingerprint density at radius 2 is 2.09 bits per heavy atom. The molecule has 2 aliphatic heterocycles. The van der Waals surface area contributed by atoms with Gasteiger partial charge in [0.15, 0.2) is 0 Å². The van der Waals surface area contributed by atoms with Gasteiger partial charge < -0.3 is 15.3 Å². The molecule has 2 aromatic carbocycles. The predicted octanol–water partition coefficient (Wildman–Crippen LogP) is 3.56. The van der Waals surface area contributed by atoms with Gasteiger partial charge in [0.25, 0.3) is 0 Å². The number of aliphatic hydroxyl groups excluding tert-OH is 1. The van der Waals surface area contributed by atoms with Crippen LogP contribution in [0.25, 0.3) is 0 Å². The number of thioether (sulfide) groups is 1. The van der Waals surface area contributed by atoms with Gasteiger partial charge in [-0.25, -0.2) is 0 Å². The third-order valence-corrected chi connectivity index (χ3v) is 7.24. The minimum Gasteiger partial charge on any atom is -0.392 e. The van der Waals surface area contributed by atoms with Gasteiger partial charge in [0.1, 0.15) is 0 Å². The van der Waals surface area contributed by atoms with E-state index in [4.69, 9.17) is 0 Å². The standard InChI is InChI=1S/C24H26F3N3O3S/c1-29(23(33)10-15-5-6-21-19(9-15)28-22(32)14-34-21)20(13-30-8-7-18(31)12-30)16-3-2-4-17(11-16)24(25,26)27/h2-6,9,11,18,20,31H,7-8,10,12-14H2,1H3,(H,28,32)/t18?,20-/m1/s1. The van der Waals surface area contributed by atoms with Crippen molar-refractivity contribution in [1.82, 2.24) is 9.80 Å². The van der Waals surface area contributed by atoms with Crippen LogP contribution in [-0.2, 0) is 22.2 Å². The summed E-state index contributed by atoms with van der Waals surface area (Å²) in [5.41, 5.74) is 0.994. The molecule has 2 atom stereocenters. The summed E-state index contributed by atoms with van der Waals surface area (Å²) in [6.07, 6.45) is -4.33. The van der Waals surface area contributed by atoms with Crippen LogP contribution in [0, 0.1) is 0 Å². The molecule has 2 N–H and O–H groups in total. The number of rotatable bonds is 6. The van der Waals surface area contributed by atoms with Gasteiger partial charge in [-0.05, 0) is 41.8 Å². The minimum atomic E-state index is -4.49. The number of carbonyl (C=O) groups excluding carboxylic acids is 2. The lowest BCUT2D eigenvalue weighted by Crippen LogP contribution is -2.39. The predicted molar refractivity (Wildman–Crippen MR) is 124 cm³/mol. The fourth-order valence-electron chi connectivity index (χ4n) is 4.31. The maximum atomic E-state index is 13.3. The Kier molecular flexibility index (Phi) is 7.20. The molecule has 2 aromatic rings. The van der Waals surface area contributed by atoms with E-state index in [0.717, 1.165) is 17.0 Å². The van der Waals surface area contributed by atoms with Crippen LogP contribution in [0.1, 0.15) is 29.2 Å². The second-order valence-electron chi connectivity index (χ2n) is 8.69. The minimum absolute atomic E-state index is 0.0441. The summed E-state index contributed by atoms with van der Waals surface area (Å²) in [6.45, 7) is 1.35. The first-order valence-corrected chi connectivity index (χ1v) is 12.0.